The number of nitrogens with zero attached hydrogens (tertiary/aromatic N) is 4. The third-order valence-corrected chi connectivity index (χ3v) is 3.01. The van der Waals surface area contributed by atoms with Gasteiger partial charge < -0.3 is 26.1 Å². The minimum atomic E-state index is -0.952. The highest BCUT2D eigenvalue weighted by Crippen LogP contribution is 2.25. The second-order valence-electron chi connectivity index (χ2n) is 4.35. The van der Waals surface area contributed by atoms with Gasteiger partial charge >= 0.3 is 0 Å². The lowest BCUT2D eigenvalue weighted by molar-refractivity contribution is -0.385. The van der Waals surface area contributed by atoms with Gasteiger partial charge in [0.25, 0.3) is 5.69 Å². The van der Waals surface area contributed by atoms with Crippen molar-refractivity contribution in [3.05, 3.63) is 27.9 Å². The van der Waals surface area contributed by atoms with Crippen molar-refractivity contribution in [2.75, 3.05) is 18.0 Å². The molecule has 2 unspecified atom stereocenters. The van der Waals surface area contributed by atoms with E-state index < -0.39 is 17.1 Å². The number of aromatic nitrogens is 1. The molecule has 1 aromatic heterocycles. The fourth-order valence-corrected chi connectivity index (χ4v) is 1.98. The van der Waals surface area contributed by atoms with Crippen molar-refractivity contribution in [3.63, 3.8) is 0 Å². The second kappa shape index (κ2) is 5.27. The number of amidine groups is 1. The van der Waals surface area contributed by atoms with Crippen LogP contribution in [0.4, 0.5) is 11.5 Å². The summed E-state index contributed by atoms with van der Waals surface area (Å²) >= 11 is 0. The molecule has 0 aromatic carbocycles. The summed E-state index contributed by atoms with van der Waals surface area (Å²) in [4.78, 5) is 15.5. The molecule has 10 nitrogen and oxygen atoms in total. The largest absolute Gasteiger partial charge is 0.409 e. The number of nitrogens with two attached hydrogens (primary N) is 1. The monoisotopic (exact) mass is 283 g/mol. The van der Waals surface area contributed by atoms with E-state index in [1.54, 1.807) is 0 Å². The Morgan fingerprint density at radius 1 is 1.50 bits per heavy atom. The molecule has 108 valence electrons. The van der Waals surface area contributed by atoms with Crippen molar-refractivity contribution in [2.24, 2.45) is 10.9 Å². The van der Waals surface area contributed by atoms with Gasteiger partial charge in [0.15, 0.2) is 5.84 Å². The van der Waals surface area contributed by atoms with Crippen LogP contribution in [0, 0.1) is 10.1 Å². The van der Waals surface area contributed by atoms with E-state index in [-0.39, 0.29) is 36.0 Å². The van der Waals surface area contributed by atoms with Crippen molar-refractivity contribution < 1.29 is 20.3 Å². The third kappa shape index (κ3) is 2.46. The van der Waals surface area contributed by atoms with E-state index in [0.29, 0.717) is 0 Å². The topological polar surface area (TPSA) is 158 Å². The molecule has 1 aliphatic heterocycles. The highest BCUT2D eigenvalue weighted by molar-refractivity contribution is 6.02. The van der Waals surface area contributed by atoms with E-state index in [2.05, 4.69) is 10.1 Å². The molecule has 2 heterocycles. The van der Waals surface area contributed by atoms with E-state index in [9.17, 15) is 20.3 Å². The standard InChI is InChI=1S/C10H13N5O5/c11-9(13-18)6-1-5(15(19)20)2-12-10(6)14-3-7(16)8(17)4-14/h1-2,7-8,16-18H,3-4H2,(H2,11,13). The van der Waals surface area contributed by atoms with Crippen molar-refractivity contribution >= 4 is 17.3 Å². The number of oxime groups is 1. The minimum Gasteiger partial charge on any atom is -0.409 e. The molecule has 0 saturated carbocycles. The van der Waals surface area contributed by atoms with Crippen LogP contribution in [-0.4, -0.2) is 56.5 Å². The van der Waals surface area contributed by atoms with Crippen LogP contribution in [0.5, 0.6) is 0 Å². The average Bonchev–Trinajstić information content (AvgIpc) is 2.77. The van der Waals surface area contributed by atoms with Crippen LogP contribution in [-0.2, 0) is 0 Å². The average molecular weight is 283 g/mol. The van der Waals surface area contributed by atoms with E-state index in [1.165, 1.54) is 4.90 Å². The van der Waals surface area contributed by atoms with Gasteiger partial charge in [-0.1, -0.05) is 5.16 Å². The molecule has 10 heteroatoms. The first kappa shape index (κ1) is 14.0. The first-order chi connectivity index (χ1) is 9.43. The van der Waals surface area contributed by atoms with Crippen LogP contribution >= 0.6 is 0 Å². The van der Waals surface area contributed by atoms with Crippen LogP contribution < -0.4 is 10.6 Å². The van der Waals surface area contributed by atoms with Gasteiger partial charge in [0.05, 0.1) is 22.7 Å². The Morgan fingerprint density at radius 3 is 2.60 bits per heavy atom. The molecular formula is C10H13N5O5. The molecule has 0 bridgehead atoms. The molecule has 0 amide bonds. The number of pyridine rings is 1. The van der Waals surface area contributed by atoms with Gasteiger partial charge in [-0.2, -0.15) is 0 Å². The van der Waals surface area contributed by atoms with Crippen molar-refractivity contribution in [1.82, 2.24) is 4.98 Å². The van der Waals surface area contributed by atoms with Gasteiger partial charge in [-0.15, -0.1) is 0 Å². The van der Waals surface area contributed by atoms with Crippen LogP contribution in [0.3, 0.4) is 0 Å². The SMILES string of the molecule is N/C(=N/O)c1cc([N+](=O)[O-])cnc1N1CC(O)C(O)C1. The molecular weight excluding hydrogens is 270 g/mol. The Kier molecular flexibility index (Phi) is 3.68. The first-order valence-corrected chi connectivity index (χ1v) is 5.67. The zero-order valence-corrected chi connectivity index (χ0v) is 10.2. The van der Waals surface area contributed by atoms with Gasteiger partial charge in [-0.3, -0.25) is 10.1 Å². The van der Waals surface area contributed by atoms with E-state index in [4.69, 9.17) is 10.9 Å². The molecule has 1 saturated heterocycles. The Hall–Kier alpha value is -2.46. The summed E-state index contributed by atoms with van der Waals surface area (Å²) < 4.78 is 0. The predicted octanol–water partition coefficient (Wildman–Crippen LogP) is -1.37. The highest BCUT2D eigenvalue weighted by atomic mass is 16.6. The molecule has 1 fully saturated rings. The molecule has 2 rings (SSSR count). The Morgan fingerprint density at radius 2 is 2.10 bits per heavy atom. The van der Waals surface area contributed by atoms with Crippen molar-refractivity contribution in [3.8, 4) is 0 Å². The highest BCUT2D eigenvalue weighted by Gasteiger charge is 2.32. The number of hydrogen-bond acceptors (Lipinski definition) is 8. The Labute approximate surface area is 112 Å². The summed E-state index contributed by atoms with van der Waals surface area (Å²) in [5, 5.41) is 41.3. The number of anilines is 1. The number of hydrogen-bond donors (Lipinski definition) is 4. The van der Waals surface area contributed by atoms with Gasteiger partial charge in [-0.05, 0) is 0 Å². The van der Waals surface area contributed by atoms with Gasteiger partial charge in [-0.25, -0.2) is 4.98 Å². The van der Waals surface area contributed by atoms with Gasteiger partial charge in [0.2, 0.25) is 0 Å². The minimum absolute atomic E-state index is 0.0583. The van der Waals surface area contributed by atoms with Crippen LogP contribution in [0.15, 0.2) is 17.4 Å². The normalized spacial score (nSPS) is 23.1. The molecule has 0 radical (unpaired) electrons. The smallest absolute Gasteiger partial charge is 0.288 e. The quantitative estimate of drug-likeness (QED) is 0.174. The van der Waals surface area contributed by atoms with Crippen LogP contribution in [0.25, 0.3) is 0 Å². The fourth-order valence-electron chi connectivity index (χ4n) is 1.98. The first-order valence-electron chi connectivity index (χ1n) is 5.67. The molecule has 20 heavy (non-hydrogen) atoms. The number of nitro groups is 1. The molecule has 0 aliphatic carbocycles. The number of aliphatic hydroxyl groups excluding tert-OH is 2. The lowest BCUT2D eigenvalue weighted by atomic mass is 10.2. The zero-order valence-electron chi connectivity index (χ0n) is 10.2. The Bertz CT molecular complexity index is 553. The summed E-state index contributed by atoms with van der Waals surface area (Å²) in [6.07, 6.45) is -0.875. The maximum absolute atomic E-state index is 10.7. The van der Waals surface area contributed by atoms with Crippen molar-refractivity contribution in [1.29, 1.82) is 0 Å². The van der Waals surface area contributed by atoms with Gasteiger partial charge in [0.1, 0.15) is 12.0 Å². The maximum Gasteiger partial charge on any atom is 0.288 e. The lowest BCUT2D eigenvalue weighted by Gasteiger charge is -2.19. The molecule has 2 atom stereocenters. The molecule has 5 N–H and O–H groups in total. The van der Waals surface area contributed by atoms with Crippen LogP contribution in [0.1, 0.15) is 5.56 Å². The lowest BCUT2D eigenvalue weighted by Crippen LogP contribution is -2.27. The van der Waals surface area contributed by atoms with Gasteiger partial charge in [0, 0.05) is 19.2 Å². The molecule has 1 aliphatic rings. The summed E-state index contributed by atoms with van der Waals surface area (Å²) in [5.41, 5.74) is 5.24. The summed E-state index contributed by atoms with van der Waals surface area (Å²) in [6, 6.07) is 1.12. The van der Waals surface area contributed by atoms with E-state index in [0.717, 1.165) is 12.3 Å². The van der Waals surface area contributed by atoms with E-state index in [1.807, 2.05) is 0 Å². The molecule has 0 spiro atoms. The van der Waals surface area contributed by atoms with Crippen LogP contribution in [0.2, 0.25) is 0 Å². The number of rotatable bonds is 3. The summed E-state index contributed by atoms with van der Waals surface area (Å²) in [7, 11) is 0. The second-order valence-corrected chi connectivity index (χ2v) is 4.35. The number of aliphatic hydroxyl groups is 2. The van der Waals surface area contributed by atoms with E-state index >= 15 is 0 Å². The van der Waals surface area contributed by atoms with Crippen molar-refractivity contribution in [2.45, 2.75) is 12.2 Å². The third-order valence-electron chi connectivity index (χ3n) is 3.01. The summed E-state index contributed by atoms with van der Waals surface area (Å²) in [5.74, 6) is -0.145. The Balaban J connectivity index is 2.45. The maximum atomic E-state index is 10.7. The number of β-amino-alcohol motifs (C(OH)–C–C–N with tert-alkyl or cyclic N) is 2. The molecule has 1 aromatic rings. The fraction of sp³-hybridized carbons (Fsp3) is 0.400. The predicted molar refractivity (Wildman–Crippen MR) is 67.6 cm³/mol. The zero-order chi connectivity index (χ0) is 14.9. The summed E-state index contributed by atoms with van der Waals surface area (Å²) in [6.45, 7) is 0.190.